The van der Waals surface area contributed by atoms with E-state index in [0.717, 1.165) is 12.8 Å². The molecule has 0 heterocycles. The van der Waals surface area contributed by atoms with Crippen LogP contribution in [0.2, 0.25) is 0 Å². The molecule has 0 bridgehead atoms. The molecular weight excluding hydrogens is 230 g/mol. The second-order valence-corrected chi connectivity index (χ2v) is 4.15. The Bertz CT molecular complexity index is 391. The Labute approximate surface area is 108 Å². The van der Waals surface area contributed by atoms with Crippen LogP contribution in [0.5, 0.6) is 5.75 Å². The minimum Gasteiger partial charge on any atom is -0.491 e. The van der Waals surface area contributed by atoms with E-state index >= 15 is 0 Å². The third-order valence-corrected chi connectivity index (χ3v) is 2.69. The molecule has 0 aliphatic heterocycles. The molecule has 100 valence electrons. The van der Waals surface area contributed by atoms with E-state index in [1.54, 1.807) is 18.2 Å². The highest BCUT2D eigenvalue weighted by Crippen LogP contribution is 2.23. The smallest absolute Gasteiger partial charge is 0.337 e. The molecule has 18 heavy (non-hydrogen) atoms. The van der Waals surface area contributed by atoms with Gasteiger partial charge in [-0.25, -0.2) is 4.79 Å². The largest absolute Gasteiger partial charge is 0.491 e. The molecule has 0 saturated heterocycles. The number of carbonyl (C=O) groups is 1. The van der Waals surface area contributed by atoms with Crippen molar-refractivity contribution in [3.63, 3.8) is 0 Å². The first-order valence-electron chi connectivity index (χ1n) is 6.29. The minimum atomic E-state index is -0.392. The Hall–Kier alpha value is -1.71. The van der Waals surface area contributed by atoms with Gasteiger partial charge < -0.3 is 15.2 Å². The highest BCUT2D eigenvalue weighted by Gasteiger charge is 2.08. The van der Waals surface area contributed by atoms with Gasteiger partial charge in [-0.05, 0) is 24.6 Å². The maximum absolute atomic E-state index is 11.3. The van der Waals surface area contributed by atoms with Gasteiger partial charge in [-0.2, -0.15) is 0 Å². The lowest BCUT2D eigenvalue weighted by atomic mass is 10.2. The van der Waals surface area contributed by atoms with Gasteiger partial charge in [0.05, 0.1) is 25.0 Å². The first-order valence-corrected chi connectivity index (χ1v) is 6.29. The van der Waals surface area contributed by atoms with E-state index in [1.165, 1.54) is 20.0 Å². The lowest BCUT2D eigenvalue weighted by Crippen LogP contribution is -2.04. The molecule has 1 rings (SSSR count). The number of rotatable bonds is 7. The number of unbranched alkanes of at least 4 members (excludes halogenated alkanes) is 3. The van der Waals surface area contributed by atoms with Crippen LogP contribution in [0.1, 0.15) is 43.0 Å². The molecule has 0 spiro atoms. The van der Waals surface area contributed by atoms with Crippen molar-refractivity contribution in [1.82, 2.24) is 0 Å². The average molecular weight is 251 g/mol. The van der Waals surface area contributed by atoms with Gasteiger partial charge in [-0.3, -0.25) is 0 Å². The summed E-state index contributed by atoms with van der Waals surface area (Å²) in [5.41, 5.74) is 6.73. The Morgan fingerprint density at radius 1 is 1.28 bits per heavy atom. The van der Waals surface area contributed by atoms with E-state index in [9.17, 15) is 4.79 Å². The summed E-state index contributed by atoms with van der Waals surface area (Å²) in [6.07, 6.45) is 4.61. The van der Waals surface area contributed by atoms with Crippen LogP contribution < -0.4 is 10.5 Å². The number of methoxy groups -OCH3 is 1. The van der Waals surface area contributed by atoms with Crippen molar-refractivity contribution in [3.8, 4) is 5.75 Å². The molecule has 0 aliphatic carbocycles. The number of esters is 1. The van der Waals surface area contributed by atoms with Crippen molar-refractivity contribution in [2.24, 2.45) is 0 Å². The maximum Gasteiger partial charge on any atom is 0.337 e. The van der Waals surface area contributed by atoms with E-state index in [-0.39, 0.29) is 0 Å². The van der Waals surface area contributed by atoms with Crippen LogP contribution in [0.25, 0.3) is 0 Å². The lowest BCUT2D eigenvalue weighted by Gasteiger charge is -2.09. The number of hydrogen-bond donors (Lipinski definition) is 1. The summed E-state index contributed by atoms with van der Waals surface area (Å²) in [7, 11) is 1.34. The number of hydrogen-bond acceptors (Lipinski definition) is 4. The molecule has 4 nitrogen and oxygen atoms in total. The number of benzene rings is 1. The van der Waals surface area contributed by atoms with E-state index in [0.29, 0.717) is 23.6 Å². The first-order chi connectivity index (χ1) is 8.69. The van der Waals surface area contributed by atoms with Crippen molar-refractivity contribution in [1.29, 1.82) is 0 Å². The van der Waals surface area contributed by atoms with Crippen LogP contribution >= 0.6 is 0 Å². The molecule has 1 aromatic carbocycles. The lowest BCUT2D eigenvalue weighted by molar-refractivity contribution is 0.0601. The molecule has 1 aromatic rings. The quantitative estimate of drug-likeness (QED) is 0.459. The van der Waals surface area contributed by atoms with Crippen LogP contribution in [0.4, 0.5) is 5.69 Å². The fraction of sp³-hybridized carbons (Fsp3) is 0.500. The van der Waals surface area contributed by atoms with Crippen molar-refractivity contribution in [2.75, 3.05) is 19.5 Å². The van der Waals surface area contributed by atoms with E-state index in [2.05, 4.69) is 11.7 Å². The summed E-state index contributed by atoms with van der Waals surface area (Å²) in [5.74, 6) is 0.232. The zero-order valence-electron chi connectivity index (χ0n) is 11.1. The Balaban J connectivity index is 2.49. The SMILES string of the molecule is CCCCCCOc1ccc(C(=O)OC)cc1N. The normalized spacial score (nSPS) is 10.1. The van der Waals surface area contributed by atoms with Gasteiger partial charge in [0, 0.05) is 0 Å². The van der Waals surface area contributed by atoms with E-state index in [4.69, 9.17) is 10.5 Å². The monoisotopic (exact) mass is 251 g/mol. The highest BCUT2D eigenvalue weighted by molar-refractivity contribution is 5.90. The fourth-order valence-electron chi connectivity index (χ4n) is 1.64. The average Bonchev–Trinajstić information content (AvgIpc) is 2.39. The van der Waals surface area contributed by atoms with Gasteiger partial charge in [0.1, 0.15) is 5.75 Å². The molecule has 2 N–H and O–H groups in total. The number of ether oxygens (including phenoxy) is 2. The van der Waals surface area contributed by atoms with Crippen LogP contribution in [0.3, 0.4) is 0 Å². The van der Waals surface area contributed by atoms with Gasteiger partial charge >= 0.3 is 5.97 Å². The number of nitrogen functional groups attached to an aromatic ring is 1. The van der Waals surface area contributed by atoms with Crippen molar-refractivity contribution < 1.29 is 14.3 Å². The van der Waals surface area contributed by atoms with Crippen LogP contribution in [-0.4, -0.2) is 19.7 Å². The van der Waals surface area contributed by atoms with Gasteiger partial charge in [0.15, 0.2) is 0 Å². The number of nitrogens with two attached hydrogens (primary N) is 1. The molecule has 0 radical (unpaired) electrons. The highest BCUT2D eigenvalue weighted by atomic mass is 16.5. The van der Waals surface area contributed by atoms with Gasteiger partial charge in [-0.15, -0.1) is 0 Å². The molecule has 0 atom stereocenters. The fourth-order valence-corrected chi connectivity index (χ4v) is 1.64. The van der Waals surface area contributed by atoms with Crippen molar-refractivity contribution >= 4 is 11.7 Å². The summed E-state index contributed by atoms with van der Waals surface area (Å²) in [6.45, 7) is 2.83. The van der Waals surface area contributed by atoms with Crippen molar-refractivity contribution in [3.05, 3.63) is 23.8 Å². The maximum atomic E-state index is 11.3. The van der Waals surface area contributed by atoms with Crippen molar-refractivity contribution in [2.45, 2.75) is 32.6 Å². The molecule has 0 fully saturated rings. The van der Waals surface area contributed by atoms with E-state index in [1.807, 2.05) is 0 Å². The summed E-state index contributed by atoms with van der Waals surface area (Å²) in [6, 6.07) is 4.94. The predicted octanol–water partition coefficient (Wildman–Crippen LogP) is 3.01. The summed E-state index contributed by atoms with van der Waals surface area (Å²) < 4.78 is 10.2. The Kier molecular flexibility index (Phi) is 6.05. The predicted molar refractivity (Wildman–Crippen MR) is 71.8 cm³/mol. The standard InChI is InChI=1S/C14H21NO3/c1-3-4-5-6-9-18-13-8-7-11(10-12(13)15)14(16)17-2/h7-8,10H,3-6,9,15H2,1-2H3. The number of anilines is 1. The van der Waals surface area contributed by atoms with Crippen LogP contribution in [0, 0.1) is 0 Å². The van der Waals surface area contributed by atoms with Crippen LogP contribution in [0.15, 0.2) is 18.2 Å². The molecular formula is C14H21NO3. The minimum absolute atomic E-state index is 0.392. The molecule has 0 amide bonds. The second kappa shape index (κ2) is 7.58. The van der Waals surface area contributed by atoms with Gasteiger partial charge in [0.25, 0.3) is 0 Å². The summed E-state index contributed by atoms with van der Waals surface area (Å²) >= 11 is 0. The van der Waals surface area contributed by atoms with E-state index < -0.39 is 5.97 Å². The molecule has 4 heteroatoms. The third kappa shape index (κ3) is 4.28. The summed E-state index contributed by atoms with van der Waals surface area (Å²) in [4.78, 5) is 11.3. The summed E-state index contributed by atoms with van der Waals surface area (Å²) in [5, 5.41) is 0. The Morgan fingerprint density at radius 3 is 2.67 bits per heavy atom. The zero-order valence-corrected chi connectivity index (χ0v) is 11.1. The molecule has 0 aliphatic rings. The topological polar surface area (TPSA) is 61.5 Å². The zero-order chi connectivity index (χ0) is 13.4. The molecule has 0 aromatic heterocycles. The van der Waals surface area contributed by atoms with Gasteiger partial charge in [-0.1, -0.05) is 26.2 Å². The molecule has 0 unspecified atom stereocenters. The van der Waals surface area contributed by atoms with Gasteiger partial charge in [0.2, 0.25) is 0 Å². The second-order valence-electron chi connectivity index (χ2n) is 4.15. The molecule has 0 saturated carbocycles. The first kappa shape index (κ1) is 14.4. The third-order valence-electron chi connectivity index (χ3n) is 2.69. The number of carbonyl (C=O) groups excluding carboxylic acids is 1. The Morgan fingerprint density at radius 2 is 2.06 bits per heavy atom. The van der Waals surface area contributed by atoms with Crippen LogP contribution in [-0.2, 0) is 4.74 Å².